The Kier molecular flexibility index (Phi) is 9.61. The molecule has 0 aliphatic carbocycles. The van der Waals surface area contributed by atoms with Gasteiger partial charge in [-0.25, -0.2) is 13.8 Å². The van der Waals surface area contributed by atoms with Crippen molar-refractivity contribution >= 4 is 21.6 Å². The number of ether oxygens (including phenoxy) is 2. The summed E-state index contributed by atoms with van der Waals surface area (Å²) >= 11 is 0. The average molecular weight is 510 g/mol. The maximum absolute atomic E-state index is 13.6. The molecule has 0 aliphatic heterocycles. The first-order valence-electron chi connectivity index (χ1n) is 11.5. The number of aryl methyl sites for hydroxylation is 1. The zero-order chi connectivity index (χ0) is 26.0. The number of carbonyl (C=O) groups is 1. The number of sulfonamides is 1. The Bertz CT molecular complexity index is 1280. The number of hydrazone groups is 1. The summed E-state index contributed by atoms with van der Waals surface area (Å²) in [6, 6.07) is 23.4. The summed E-state index contributed by atoms with van der Waals surface area (Å²) in [4.78, 5) is 12.7. The number of rotatable bonds is 12. The lowest BCUT2D eigenvalue weighted by Gasteiger charge is -2.22. The van der Waals surface area contributed by atoms with E-state index >= 15 is 0 Å². The normalized spacial score (nSPS) is 11.8. The minimum atomic E-state index is -4.05. The van der Waals surface area contributed by atoms with Crippen LogP contribution in [0, 0.1) is 0 Å². The summed E-state index contributed by atoms with van der Waals surface area (Å²) in [7, 11) is -1.14. The first kappa shape index (κ1) is 26.9. The molecule has 0 bridgehead atoms. The molecule has 0 saturated heterocycles. The maximum Gasteiger partial charge on any atom is 0.255 e. The highest BCUT2D eigenvalue weighted by Gasteiger charge is 2.28. The van der Waals surface area contributed by atoms with Gasteiger partial charge < -0.3 is 9.47 Å². The quantitative estimate of drug-likeness (QED) is 0.294. The van der Waals surface area contributed by atoms with Crippen LogP contribution in [0.25, 0.3) is 0 Å². The topological polar surface area (TPSA) is 97.3 Å². The average Bonchev–Trinajstić information content (AvgIpc) is 2.91. The van der Waals surface area contributed by atoms with E-state index in [1.54, 1.807) is 12.1 Å². The van der Waals surface area contributed by atoms with Gasteiger partial charge in [0.2, 0.25) is 10.0 Å². The fraction of sp³-hybridized carbons (Fsp3) is 0.259. The molecule has 3 aromatic carbocycles. The standard InChI is InChI=1S/C27H31N3O5S/c1-21(14-15-22-10-6-4-7-11-22)28-29-27(31)20-30(19-23-12-8-5-9-13-23)36(32,33)24-16-17-25(34-2)26(18-24)35-3/h4-13,16-18H,14-15,19-20H2,1-3H3,(H,29,31)/b28-21-. The fourth-order valence-electron chi connectivity index (χ4n) is 3.52. The van der Waals surface area contributed by atoms with Crippen LogP contribution in [0.3, 0.4) is 0 Å². The zero-order valence-corrected chi connectivity index (χ0v) is 21.5. The molecule has 3 rings (SSSR count). The molecule has 0 heterocycles. The molecule has 0 unspecified atom stereocenters. The monoisotopic (exact) mass is 509 g/mol. The molecule has 0 aliphatic rings. The molecular formula is C27H31N3O5S. The highest BCUT2D eigenvalue weighted by atomic mass is 32.2. The lowest BCUT2D eigenvalue weighted by atomic mass is 10.1. The van der Waals surface area contributed by atoms with Gasteiger partial charge in [0.05, 0.1) is 25.7 Å². The molecule has 3 aromatic rings. The molecule has 0 atom stereocenters. The Hall–Kier alpha value is -3.69. The summed E-state index contributed by atoms with van der Waals surface area (Å²) in [5, 5.41) is 4.16. The molecule has 1 N–H and O–H groups in total. The van der Waals surface area contributed by atoms with Crippen LogP contribution < -0.4 is 14.9 Å². The molecule has 1 amide bonds. The third-order valence-electron chi connectivity index (χ3n) is 5.50. The van der Waals surface area contributed by atoms with Gasteiger partial charge in [-0.3, -0.25) is 4.79 Å². The van der Waals surface area contributed by atoms with Gasteiger partial charge in [-0.2, -0.15) is 9.41 Å². The van der Waals surface area contributed by atoms with E-state index in [1.165, 1.54) is 38.0 Å². The first-order valence-corrected chi connectivity index (χ1v) is 12.9. The van der Waals surface area contributed by atoms with Crippen LogP contribution in [0.5, 0.6) is 11.5 Å². The summed E-state index contributed by atoms with van der Waals surface area (Å²) in [6.07, 6.45) is 1.46. The minimum absolute atomic E-state index is 0.00794. The van der Waals surface area contributed by atoms with Gasteiger partial charge in [0.1, 0.15) is 0 Å². The Morgan fingerprint density at radius 1 is 0.889 bits per heavy atom. The van der Waals surface area contributed by atoms with E-state index in [9.17, 15) is 13.2 Å². The fourth-order valence-corrected chi connectivity index (χ4v) is 4.92. The summed E-state index contributed by atoms with van der Waals surface area (Å²) < 4.78 is 38.7. The predicted octanol–water partition coefficient (Wildman–Crippen LogP) is 4.02. The van der Waals surface area contributed by atoms with E-state index in [1.807, 2.05) is 55.5 Å². The Balaban J connectivity index is 1.76. The molecule has 0 radical (unpaired) electrons. The van der Waals surface area contributed by atoms with Crippen molar-refractivity contribution < 1.29 is 22.7 Å². The molecule has 0 fully saturated rings. The third-order valence-corrected chi connectivity index (χ3v) is 7.29. The second-order valence-electron chi connectivity index (χ2n) is 8.14. The first-order chi connectivity index (χ1) is 17.3. The Morgan fingerprint density at radius 3 is 2.11 bits per heavy atom. The molecular weight excluding hydrogens is 478 g/mol. The Morgan fingerprint density at radius 2 is 1.50 bits per heavy atom. The smallest absolute Gasteiger partial charge is 0.255 e. The molecule has 36 heavy (non-hydrogen) atoms. The SMILES string of the molecule is COc1ccc(S(=O)(=O)N(CC(=O)N/N=C(/C)CCc2ccccc2)Cc2ccccc2)cc1OC. The molecule has 190 valence electrons. The number of hydrogen-bond donors (Lipinski definition) is 1. The van der Waals surface area contributed by atoms with Crippen molar-refractivity contribution in [3.63, 3.8) is 0 Å². The molecule has 9 heteroatoms. The van der Waals surface area contributed by atoms with E-state index < -0.39 is 22.5 Å². The maximum atomic E-state index is 13.6. The number of amides is 1. The van der Waals surface area contributed by atoms with Crippen LogP contribution >= 0.6 is 0 Å². The van der Waals surface area contributed by atoms with Crippen LogP contribution in [0.15, 0.2) is 88.9 Å². The van der Waals surface area contributed by atoms with Crippen LogP contribution in [-0.4, -0.2) is 45.1 Å². The molecule has 0 saturated carbocycles. The van der Waals surface area contributed by atoms with Crippen LogP contribution in [0.4, 0.5) is 0 Å². The molecule has 8 nitrogen and oxygen atoms in total. The highest BCUT2D eigenvalue weighted by molar-refractivity contribution is 7.89. The number of benzene rings is 3. The summed E-state index contributed by atoms with van der Waals surface area (Å²) in [5.41, 5.74) is 5.16. The largest absolute Gasteiger partial charge is 0.493 e. The van der Waals surface area contributed by atoms with E-state index in [4.69, 9.17) is 9.47 Å². The van der Waals surface area contributed by atoms with Crippen molar-refractivity contribution in [2.75, 3.05) is 20.8 Å². The van der Waals surface area contributed by atoms with Crippen molar-refractivity contribution in [1.29, 1.82) is 0 Å². The summed E-state index contributed by atoms with van der Waals surface area (Å²) in [5.74, 6) is 0.152. The van der Waals surface area contributed by atoms with Gasteiger partial charge in [-0.05, 0) is 43.0 Å². The van der Waals surface area contributed by atoms with Gasteiger partial charge >= 0.3 is 0 Å². The van der Waals surface area contributed by atoms with Gasteiger partial charge in [-0.1, -0.05) is 60.7 Å². The van der Waals surface area contributed by atoms with E-state index in [0.717, 1.165) is 22.0 Å². The van der Waals surface area contributed by atoms with E-state index in [0.29, 0.717) is 12.2 Å². The van der Waals surface area contributed by atoms with E-state index in [-0.39, 0.29) is 17.2 Å². The Labute approximate surface area is 212 Å². The van der Waals surface area contributed by atoms with Crippen molar-refractivity contribution in [2.24, 2.45) is 5.10 Å². The van der Waals surface area contributed by atoms with Crippen molar-refractivity contribution in [3.05, 3.63) is 90.0 Å². The number of nitrogens with one attached hydrogen (secondary N) is 1. The number of carbonyl (C=O) groups excluding carboxylic acids is 1. The minimum Gasteiger partial charge on any atom is -0.493 e. The van der Waals surface area contributed by atoms with Gasteiger partial charge in [0.25, 0.3) is 5.91 Å². The van der Waals surface area contributed by atoms with E-state index in [2.05, 4.69) is 10.5 Å². The lowest BCUT2D eigenvalue weighted by Crippen LogP contribution is -2.39. The second kappa shape index (κ2) is 12.9. The second-order valence-corrected chi connectivity index (χ2v) is 10.1. The van der Waals surface area contributed by atoms with Crippen LogP contribution in [0.1, 0.15) is 24.5 Å². The molecule has 0 aromatic heterocycles. The lowest BCUT2D eigenvalue weighted by molar-refractivity contribution is -0.121. The van der Waals surface area contributed by atoms with Gasteiger partial charge in [0, 0.05) is 18.3 Å². The highest BCUT2D eigenvalue weighted by Crippen LogP contribution is 2.31. The van der Waals surface area contributed by atoms with Crippen molar-refractivity contribution in [1.82, 2.24) is 9.73 Å². The zero-order valence-electron chi connectivity index (χ0n) is 20.7. The predicted molar refractivity (Wildman–Crippen MR) is 140 cm³/mol. The van der Waals surface area contributed by atoms with Crippen LogP contribution in [-0.2, 0) is 27.8 Å². The third kappa shape index (κ3) is 7.40. The van der Waals surface area contributed by atoms with Crippen molar-refractivity contribution in [2.45, 2.75) is 31.2 Å². The van der Waals surface area contributed by atoms with Crippen LogP contribution in [0.2, 0.25) is 0 Å². The number of nitrogens with zero attached hydrogens (tertiary/aromatic N) is 2. The number of methoxy groups -OCH3 is 2. The summed E-state index contributed by atoms with van der Waals surface area (Å²) in [6.45, 7) is 1.44. The number of hydrogen-bond acceptors (Lipinski definition) is 6. The molecule has 0 spiro atoms. The van der Waals surface area contributed by atoms with Crippen molar-refractivity contribution in [3.8, 4) is 11.5 Å². The van der Waals surface area contributed by atoms with Gasteiger partial charge in [0.15, 0.2) is 11.5 Å². The van der Waals surface area contributed by atoms with Gasteiger partial charge in [-0.15, -0.1) is 0 Å².